The molecule has 1 atom stereocenters. The van der Waals surface area contributed by atoms with Gasteiger partial charge < -0.3 is 19.5 Å². The fraction of sp³-hybridized carbons (Fsp3) is 0.227. The maximum absolute atomic E-state index is 12.3. The van der Waals surface area contributed by atoms with E-state index in [4.69, 9.17) is 14.2 Å². The molecule has 2 aromatic carbocycles. The highest BCUT2D eigenvalue weighted by Gasteiger charge is 2.24. The summed E-state index contributed by atoms with van der Waals surface area (Å²) in [5.41, 5.74) is 2.15. The van der Waals surface area contributed by atoms with Crippen molar-refractivity contribution in [2.75, 3.05) is 24.4 Å². The first-order valence-corrected chi connectivity index (χ1v) is 10.4. The molecule has 1 aliphatic heterocycles. The summed E-state index contributed by atoms with van der Waals surface area (Å²) in [4.78, 5) is 29.6. The normalized spacial score (nSPS) is 14.8. The molecule has 1 aliphatic rings. The molecular weight excluding hydrogens is 418 g/mol. The molecule has 3 aromatic rings. The van der Waals surface area contributed by atoms with Gasteiger partial charge in [-0.25, -0.2) is 4.98 Å². The predicted octanol–water partition coefficient (Wildman–Crippen LogP) is 3.86. The number of thiazole rings is 1. The molecule has 2 N–H and O–H groups in total. The highest BCUT2D eigenvalue weighted by molar-refractivity contribution is 7.16. The number of hydrogen-bond donors (Lipinski definition) is 2. The minimum atomic E-state index is -0.527. The van der Waals surface area contributed by atoms with Crippen LogP contribution >= 0.6 is 11.3 Å². The minimum Gasteiger partial charge on any atom is -0.497 e. The Kier molecular flexibility index (Phi) is 5.77. The summed E-state index contributed by atoms with van der Waals surface area (Å²) >= 11 is 1.37. The van der Waals surface area contributed by atoms with E-state index in [1.807, 2.05) is 19.1 Å². The van der Waals surface area contributed by atoms with Gasteiger partial charge in [-0.3, -0.25) is 14.9 Å². The lowest BCUT2D eigenvalue weighted by atomic mass is 10.1. The summed E-state index contributed by atoms with van der Waals surface area (Å²) in [6.07, 6.45) is -0.527. The Hall–Kier alpha value is -3.59. The number of methoxy groups -OCH3 is 1. The lowest BCUT2D eigenvalue weighted by molar-refractivity contribution is -0.122. The van der Waals surface area contributed by atoms with Crippen molar-refractivity contribution >= 4 is 34.0 Å². The summed E-state index contributed by atoms with van der Waals surface area (Å²) in [5, 5.41) is 6.07. The number of aromatic nitrogens is 1. The van der Waals surface area contributed by atoms with Crippen molar-refractivity contribution in [2.45, 2.75) is 20.0 Å². The molecule has 31 heavy (non-hydrogen) atoms. The Morgan fingerprint density at radius 1 is 1.26 bits per heavy atom. The molecular formula is C22H21N3O5S. The van der Waals surface area contributed by atoms with Gasteiger partial charge in [0.2, 0.25) is 0 Å². The number of fused-ring (bicyclic) bond motifs is 1. The van der Waals surface area contributed by atoms with E-state index in [9.17, 15) is 9.59 Å². The van der Waals surface area contributed by atoms with Gasteiger partial charge in [0.15, 0.2) is 17.8 Å². The number of amides is 2. The molecule has 0 bridgehead atoms. The van der Waals surface area contributed by atoms with E-state index in [2.05, 4.69) is 15.6 Å². The van der Waals surface area contributed by atoms with Crippen LogP contribution < -0.4 is 24.8 Å². The summed E-state index contributed by atoms with van der Waals surface area (Å²) < 4.78 is 16.2. The molecule has 9 heteroatoms. The summed E-state index contributed by atoms with van der Waals surface area (Å²) in [6.45, 7) is 3.47. The molecule has 4 rings (SSSR count). The Labute approximate surface area is 183 Å². The molecule has 2 amide bonds. The number of anilines is 2. The molecule has 160 valence electrons. The van der Waals surface area contributed by atoms with Crippen LogP contribution in [0.4, 0.5) is 10.8 Å². The van der Waals surface area contributed by atoms with Crippen molar-refractivity contribution in [3.63, 3.8) is 0 Å². The van der Waals surface area contributed by atoms with Gasteiger partial charge in [0.05, 0.1) is 18.5 Å². The first kappa shape index (κ1) is 20.7. The first-order chi connectivity index (χ1) is 14.9. The van der Waals surface area contributed by atoms with E-state index < -0.39 is 6.10 Å². The van der Waals surface area contributed by atoms with Crippen molar-refractivity contribution in [2.24, 2.45) is 0 Å². The topological polar surface area (TPSA) is 98.8 Å². The highest BCUT2D eigenvalue weighted by Crippen LogP contribution is 2.36. The van der Waals surface area contributed by atoms with Gasteiger partial charge in [-0.2, -0.15) is 0 Å². The van der Waals surface area contributed by atoms with Crippen LogP contribution in [0.3, 0.4) is 0 Å². The van der Waals surface area contributed by atoms with Gasteiger partial charge in [0.1, 0.15) is 17.2 Å². The molecule has 2 heterocycles. The zero-order valence-corrected chi connectivity index (χ0v) is 18.0. The van der Waals surface area contributed by atoms with Crippen LogP contribution in [-0.2, 0) is 9.59 Å². The number of rotatable bonds is 6. The van der Waals surface area contributed by atoms with Gasteiger partial charge in [0.25, 0.3) is 11.8 Å². The smallest absolute Gasteiger partial charge is 0.265 e. The molecule has 0 fully saturated rings. The Balaban J connectivity index is 1.43. The minimum absolute atomic E-state index is 0.151. The van der Waals surface area contributed by atoms with Crippen LogP contribution in [0.15, 0.2) is 42.5 Å². The van der Waals surface area contributed by atoms with Crippen LogP contribution in [0.5, 0.6) is 17.2 Å². The molecule has 0 radical (unpaired) electrons. The zero-order chi connectivity index (χ0) is 22.0. The second-order valence-electron chi connectivity index (χ2n) is 6.90. The Morgan fingerprint density at radius 3 is 2.87 bits per heavy atom. The molecule has 1 aromatic heterocycles. The van der Waals surface area contributed by atoms with E-state index in [1.54, 1.807) is 44.4 Å². The number of carbonyl (C=O) groups excluding carboxylic acids is 2. The quantitative estimate of drug-likeness (QED) is 0.605. The first-order valence-electron chi connectivity index (χ1n) is 9.59. The van der Waals surface area contributed by atoms with Crippen LogP contribution in [0.25, 0.3) is 11.3 Å². The van der Waals surface area contributed by atoms with Crippen molar-refractivity contribution in [1.29, 1.82) is 0 Å². The second-order valence-corrected chi connectivity index (χ2v) is 8.10. The van der Waals surface area contributed by atoms with Gasteiger partial charge in [-0.05, 0) is 44.2 Å². The molecule has 0 saturated carbocycles. The molecule has 0 saturated heterocycles. The van der Waals surface area contributed by atoms with Gasteiger partial charge in [-0.1, -0.05) is 6.07 Å². The third kappa shape index (κ3) is 4.61. The van der Waals surface area contributed by atoms with Crippen LogP contribution in [0, 0.1) is 6.92 Å². The molecule has 8 nitrogen and oxygen atoms in total. The van der Waals surface area contributed by atoms with E-state index in [-0.39, 0.29) is 18.4 Å². The fourth-order valence-corrected chi connectivity index (χ4v) is 3.92. The zero-order valence-electron chi connectivity index (χ0n) is 17.2. The van der Waals surface area contributed by atoms with Crippen molar-refractivity contribution in [3.05, 3.63) is 47.3 Å². The lowest BCUT2D eigenvalue weighted by Crippen LogP contribution is -2.34. The molecule has 1 unspecified atom stereocenters. The lowest BCUT2D eigenvalue weighted by Gasteiger charge is -2.23. The number of ether oxygens (including phenoxy) is 3. The fourth-order valence-electron chi connectivity index (χ4n) is 3.07. The van der Waals surface area contributed by atoms with Gasteiger partial charge in [-0.15, -0.1) is 11.3 Å². The summed E-state index contributed by atoms with van der Waals surface area (Å²) in [5.74, 6) is 1.30. The highest BCUT2D eigenvalue weighted by atomic mass is 32.1. The maximum atomic E-state index is 12.3. The largest absolute Gasteiger partial charge is 0.497 e. The van der Waals surface area contributed by atoms with Crippen LogP contribution in [0.2, 0.25) is 0 Å². The van der Waals surface area contributed by atoms with E-state index in [0.29, 0.717) is 28.1 Å². The van der Waals surface area contributed by atoms with E-state index in [1.165, 1.54) is 11.3 Å². The number of benzene rings is 2. The Morgan fingerprint density at radius 2 is 2.06 bits per heavy atom. The standard InChI is InChI=1S/C22H21N3O5S/c1-12-21(27)23-17-9-14(7-8-18(17)30-12)20-13(2)31-22(25-20)24-19(26)11-29-16-6-4-5-15(10-16)28-3/h4-10,12H,11H2,1-3H3,(H,23,27)(H,24,25,26). The van der Waals surface area contributed by atoms with Crippen LogP contribution in [0.1, 0.15) is 11.8 Å². The summed E-state index contributed by atoms with van der Waals surface area (Å²) in [7, 11) is 1.57. The average molecular weight is 439 g/mol. The average Bonchev–Trinajstić information content (AvgIpc) is 3.12. The third-order valence-corrected chi connectivity index (χ3v) is 5.52. The van der Waals surface area contributed by atoms with Crippen molar-refractivity contribution in [1.82, 2.24) is 4.98 Å². The van der Waals surface area contributed by atoms with Crippen molar-refractivity contribution < 1.29 is 23.8 Å². The molecule has 0 spiro atoms. The van der Waals surface area contributed by atoms with Gasteiger partial charge >= 0.3 is 0 Å². The second kappa shape index (κ2) is 8.65. The monoisotopic (exact) mass is 439 g/mol. The number of nitrogens with zero attached hydrogens (tertiary/aromatic N) is 1. The number of carbonyl (C=O) groups is 2. The third-order valence-electron chi connectivity index (χ3n) is 4.64. The number of nitrogens with one attached hydrogen (secondary N) is 2. The number of aryl methyl sites for hydroxylation is 1. The summed E-state index contributed by atoms with van der Waals surface area (Å²) in [6, 6.07) is 12.5. The van der Waals surface area contributed by atoms with Gasteiger partial charge in [0, 0.05) is 16.5 Å². The maximum Gasteiger partial charge on any atom is 0.265 e. The van der Waals surface area contributed by atoms with E-state index >= 15 is 0 Å². The number of hydrogen-bond acceptors (Lipinski definition) is 7. The predicted molar refractivity (Wildman–Crippen MR) is 118 cm³/mol. The molecule has 0 aliphatic carbocycles. The Bertz CT molecular complexity index is 1140. The van der Waals surface area contributed by atoms with Crippen molar-refractivity contribution in [3.8, 4) is 28.5 Å². The SMILES string of the molecule is COc1cccc(OCC(=O)Nc2nc(-c3ccc4c(c3)NC(=O)C(C)O4)c(C)s2)c1. The van der Waals surface area contributed by atoms with Crippen LogP contribution in [-0.4, -0.2) is 36.6 Å². The van der Waals surface area contributed by atoms with E-state index in [0.717, 1.165) is 16.1 Å².